The number of rotatable bonds is 6. The van der Waals surface area contributed by atoms with Crippen molar-refractivity contribution < 1.29 is 4.79 Å². The maximum Gasteiger partial charge on any atom is 0.224 e. The zero-order valence-electron chi connectivity index (χ0n) is 11.1. The van der Waals surface area contributed by atoms with E-state index in [2.05, 4.69) is 33.0 Å². The van der Waals surface area contributed by atoms with E-state index in [1.807, 2.05) is 4.90 Å². The van der Waals surface area contributed by atoms with Gasteiger partial charge in [0, 0.05) is 31.1 Å². The molecule has 0 aromatic carbocycles. The average molecular weight is 226 g/mol. The van der Waals surface area contributed by atoms with Crippen molar-refractivity contribution in [3.8, 4) is 0 Å². The lowest BCUT2D eigenvalue weighted by atomic mass is 10.1. The number of nitrogens with one attached hydrogen (secondary N) is 1. The maximum absolute atomic E-state index is 11.7. The Morgan fingerprint density at radius 1 is 1.44 bits per heavy atom. The molecule has 0 aromatic heterocycles. The molecule has 1 aliphatic rings. The van der Waals surface area contributed by atoms with Gasteiger partial charge in [-0.15, -0.1) is 0 Å². The van der Waals surface area contributed by atoms with E-state index in [9.17, 15) is 4.79 Å². The van der Waals surface area contributed by atoms with Crippen LogP contribution in [-0.4, -0.2) is 35.5 Å². The molecule has 1 rings (SSSR count). The van der Waals surface area contributed by atoms with Crippen LogP contribution < -0.4 is 5.32 Å². The molecule has 0 radical (unpaired) electrons. The predicted molar refractivity (Wildman–Crippen MR) is 67.4 cm³/mol. The van der Waals surface area contributed by atoms with Gasteiger partial charge in [-0.05, 0) is 27.2 Å². The third kappa shape index (κ3) is 3.78. The lowest BCUT2D eigenvalue weighted by Crippen LogP contribution is -2.39. The van der Waals surface area contributed by atoms with Gasteiger partial charge in [-0.1, -0.05) is 19.8 Å². The number of carbonyl (C=O) groups excluding carboxylic acids is 1. The molecular formula is C13H26N2O. The number of nitrogens with zero attached hydrogens (tertiary/aromatic N) is 1. The first-order valence-corrected chi connectivity index (χ1v) is 6.60. The highest BCUT2D eigenvalue weighted by atomic mass is 16.2. The number of likely N-dealkylation sites (tertiary alicyclic amines) is 1. The summed E-state index contributed by atoms with van der Waals surface area (Å²) in [5, 5.41) is 3.57. The van der Waals surface area contributed by atoms with Gasteiger partial charge < -0.3 is 10.2 Å². The minimum atomic E-state index is 0.301. The van der Waals surface area contributed by atoms with Gasteiger partial charge in [0.25, 0.3) is 0 Å². The molecule has 94 valence electrons. The summed E-state index contributed by atoms with van der Waals surface area (Å²) in [6, 6.07) is 1.23. The number of unbranched alkanes of at least 4 members (excludes halogenated alkanes) is 1. The van der Waals surface area contributed by atoms with E-state index in [0.29, 0.717) is 30.5 Å². The third-order valence-corrected chi connectivity index (χ3v) is 3.29. The monoisotopic (exact) mass is 226 g/mol. The van der Waals surface area contributed by atoms with Crippen LogP contribution >= 0.6 is 0 Å². The number of hydrogen-bond donors (Lipinski definition) is 1. The van der Waals surface area contributed by atoms with Crippen LogP contribution in [0.5, 0.6) is 0 Å². The van der Waals surface area contributed by atoms with E-state index in [-0.39, 0.29) is 0 Å². The van der Waals surface area contributed by atoms with Gasteiger partial charge in [0.05, 0.1) is 0 Å². The maximum atomic E-state index is 11.7. The van der Waals surface area contributed by atoms with Gasteiger partial charge in [0.1, 0.15) is 0 Å². The number of amides is 1. The van der Waals surface area contributed by atoms with Crippen molar-refractivity contribution in [2.24, 2.45) is 0 Å². The molecule has 0 saturated carbocycles. The van der Waals surface area contributed by atoms with Gasteiger partial charge in [0.2, 0.25) is 5.91 Å². The van der Waals surface area contributed by atoms with Crippen LogP contribution in [0, 0.1) is 0 Å². The molecule has 0 bridgehead atoms. The van der Waals surface area contributed by atoms with Crippen molar-refractivity contribution in [2.45, 2.75) is 71.5 Å². The average Bonchev–Trinajstić information content (AvgIpc) is 2.56. The lowest BCUT2D eigenvalue weighted by Gasteiger charge is -2.22. The molecule has 1 amide bonds. The molecule has 0 spiro atoms. The second kappa shape index (κ2) is 6.24. The van der Waals surface area contributed by atoms with Crippen LogP contribution in [0.3, 0.4) is 0 Å². The molecule has 0 aliphatic carbocycles. The van der Waals surface area contributed by atoms with E-state index in [1.54, 1.807) is 0 Å². The summed E-state index contributed by atoms with van der Waals surface area (Å²) in [7, 11) is 0. The standard InChI is InChI=1S/C13H26N2O/c1-5-6-7-11(4)14-12-8-13(16)15(9-12)10(2)3/h10-12,14H,5-9H2,1-4H3. The summed E-state index contributed by atoms with van der Waals surface area (Å²) in [6.07, 6.45) is 4.40. The highest BCUT2D eigenvalue weighted by Gasteiger charge is 2.31. The molecule has 1 fully saturated rings. The molecule has 1 N–H and O–H groups in total. The minimum Gasteiger partial charge on any atom is -0.339 e. The SMILES string of the molecule is CCCCC(C)NC1CC(=O)N(C(C)C)C1. The van der Waals surface area contributed by atoms with Crippen LogP contribution in [0.2, 0.25) is 0 Å². The summed E-state index contributed by atoms with van der Waals surface area (Å²) in [5.41, 5.74) is 0. The smallest absolute Gasteiger partial charge is 0.224 e. The molecule has 2 unspecified atom stereocenters. The van der Waals surface area contributed by atoms with Crippen LogP contribution in [0.1, 0.15) is 53.4 Å². The largest absolute Gasteiger partial charge is 0.339 e. The topological polar surface area (TPSA) is 32.3 Å². The number of hydrogen-bond acceptors (Lipinski definition) is 2. The quantitative estimate of drug-likeness (QED) is 0.753. The first-order chi connectivity index (χ1) is 7.54. The Balaban J connectivity index is 2.32. The van der Waals surface area contributed by atoms with Gasteiger partial charge in [0.15, 0.2) is 0 Å². The predicted octanol–water partition coefficient (Wildman–Crippen LogP) is 2.16. The van der Waals surface area contributed by atoms with Crippen molar-refractivity contribution in [3.63, 3.8) is 0 Å². The Hall–Kier alpha value is -0.570. The van der Waals surface area contributed by atoms with Crippen molar-refractivity contribution in [1.29, 1.82) is 0 Å². The first kappa shape index (κ1) is 13.5. The highest BCUT2D eigenvalue weighted by molar-refractivity contribution is 5.79. The molecule has 3 heteroatoms. The Morgan fingerprint density at radius 2 is 2.12 bits per heavy atom. The van der Waals surface area contributed by atoms with E-state index < -0.39 is 0 Å². The van der Waals surface area contributed by atoms with Crippen molar-refractivity contribution in [1.82, 2.24) is 10.2 Å². The van der Waals surface area contributed by atoms with Crippen LogP contribution in [-0.2, 0) is 4.79 Å². The fraction of sp³-hybridized carbons (Fsp3) is 0.923. The van der Waals surface area contributed by atoms with Crippen molar-refractivity contribution in [3.05, 3.63) is 0 Å². The van der Waals surface area contributed by atoms with Crippen molar-refractivity contribution >= 4 is 5.91 Å². The summed E-state index contributed by atoms with van der Waals surface area (Å²) >= 11 is 0. The normalized spacial score (nSPS) is 23.2. The van der Waals surface area contributed by atoms with E-state index in [1.165, 1.54) is 19.3 Å². The van der Waals surface area contributed by atoms with Crippen molar-refractivity contribution in [2.75, 3.05) is 6.54 Å². The fourth-order valence-electron chi connectivity index (χ4n) is 2.34. The zero-order valence-corrected chi connectivity index (χ0v) is 11.1. The molecule has 16 heavy (non-hydrogen) atoms. The minimum absolute atomic E-state index is 0.301. The van der Waals surface area contributed by atoms with Gasteiger partial charge in [-0.2, -0.15) is 0 Å². The summed E-state index contributed by atoms with van der Waals surface area (Å²) in [6.45, 7) is 9.49. The third-order valence-electron chi connectivity index (χ3n) is 3.29. The summed E-state index contributed by atoms with van der Waals surface area (Å²) in [5.74, 6) is 0.301. The second-order valence-corrected chi connectivity index (χ2v) is 5.25. The summed E-state index contributed by atoms with van der Waals surface area (Å²) < 4.78 is 0. The van der Waals surface area contributed by atoms with Crippen LogP contribution in [0.4, 0.5) is 0 Å². The molecule has 1 aliphatic heterocycles. The molecule has 2 atom stereocenters. The van der Waals surface area contributed by atoms with E-state index in [4.69, 9.17) is 0 Å². The lowest BCUT2D eigenvalue weighted by molar-refractivity contribution is -0.129. The summed E-state index contributed by atoms with van der Waals surface area (Å²) in [4.78, 5) is 13.7. The van der Waals surface area contributed by atoms with Crippen LogP contribution in [0.25, 0.3) is 0 Å². The zero-order chi connectivity index (χ0) is 12.1. The number of carbonyl (C=O) groups is 1. The Kier molecular flexibility index (Phi) is 5.26. The molecule has 1 heterocycles. The van der Waals surface area contributed by atoms with Crippen LogP contribution in [0.15, 0.2) is 0 Å². The Labute approximate surface area is 99.6 Å². The first-order valence-electron chi connectivity index (χ1n) is 6.60. The molecule has 1 saturated heterocycles. The van der Waals surface area contributed by atoms with E-state index in [0.717, 1.165) is 6.54 Å². The van der Waals surface area contributed by atoms with Gasteiger partial charge >= 0.3 is 0 Å². The second-order valence-electron chi connectivity index (χ2n) is 5.25. The Bertz CT molecular complexity index is 228. The van der Waals surface area contributed by atoms with Gasteiger partial charge in [-0.25, -0.2) is 0 Å². The molecular weight excluding hydrogens is 200 g/mol. The van der Waals surface area contributed by atoms with E-state index >= 15 is 0 Å². The fourth-order valence-corrected chi connectivity index (χ4v) is 2.34. The highest BCUT2D eigenvalue weighted by Crippen LogP contribution is 2.15. The van der Waals surface area contributed by atoms with Gasteiger partial charge in [-0.3, -0.25) is 4.79 Å². The molecule has 0 aromatic rings. The molecule has 3 nitrogen and oxygen atoms in total. The Morgan fingerprint density at radius 3 is 2.62 bits per heavy atom.